The third-order valence-electron chi connectivity index (χ3n) is 5.02. The van der Waals surface area contributed by atoms with Gasteiger partial charge in [0, 0.05) is 12.5 Å². The summed E-state index contributed by atoms with van der Waals surface area (Å²) >= 11 is 0. The minimum absolute atomic E-state index is 0.349. The van der Waals surface area contributed by atoms with Gasteiger partial charge in [-0.25, -0.2) is 0 Å². The van der Waals surface area contributed by atoms with Crippen LogP contribution in [0.4, 0.5) is 0 Å². The van der Waals surface area contributed by atoms with E-state index in [0.29, 0.717) is 5.75 Å². The summed E-state index contributed by atoms with van der Waals surface area (Å²) in [5.74, 6) is 0.151. The SMILES string of the molecule is CC(=O)Oc1ccc(CCc2ccccc2)cc1C1(O)CCCCC1. The molecular weight excluding hydrogens is 312 g/mol. The van der Waals surface area contributed by atoms with Gasteiger partial charge in [0.2, 0.25) is 0 Å². The maximum atomic E-state index is 11.4. The lowest BCUT2D eigenvalue weighted by Crippen LogP contribution is -2.29. The van der Waals surface area contributed by atoms with Crippen LogP contribution in [0.15, 0.2) is 48.5 Å². The Morgan fingerprint density at radius 2 is 1.68 bits per heavy atom. The minimum Gasteiger partial charge on any atom is -0.426 e. The number of benzene rings is 2. The van der Waals surface area contributed by atoms with Crippen molar-refractivity contribution in [2.75, 3.05) is 0 Å². The van der Waals surface area contributed by atoms with Crippen LogP contribution in [0.25, 0.3) is 0 Å². The molecular formula is C22H26O3. The molecule has 0 aromatic heterocycles. The van der Waals surface area contributed by atoms with Crippen LogP contribution in [0.2, 0.25) is 0 Å². The summed E-state index contributed by atoms with van der Waals surface area (Å²) in [6.07, 6.45) is 6.46. The Morgan fingerprint density at radius 3 is 2.36 bits per heavy atom. The molecule has 0 unspecified atom stereocenters. The maximum Gasteiger partial charge on any atom is 0.308 e. The van der Waals surface area contributed by atoms with E-state index in [0.717, 1.165) is 56.1 Å². The number of hydrogen-bond donors (Lipinski definition) is 1. The molecule has 3 nitrogen and oxygen atoms in total. The van der Waals surface area contributed by atoms with E-state index in [4.69, 9.17) is 4.74 Å². The van der Waals surface area contributed by atoms with Crippen molar-refractivity contribution in [3.8, 4) is 5.75 Å². The molecule has 3 heteroatoms. The fourth-order valence-corrected chi connectivity index (χ4v) is 3.68. The fraction of sp³-hybridized carbons (Fsp3) is 0.409. The molecule has 1 aliphatic carbocycles. The van der Waals surface area contributed by atoms with Gasteiger partial charge in [-0.2, -0.15) is 0 Å². The van der Waals surface area contributed by atoms with Gasteiger partial charge in [0.1, 0.15) is 5.75 Å². The number of carbonyl (C=O) groups is 1. The first-order valence-corrected chi connectivity index (χ1v) is 9.15. The molecule has 25 heavy (non-hydrogen) atoms. The smallest absolute Gasteiger partial charge is 0.308 e. The van der Waals surface area contributed by atoms with Crippen LogP contribution in [-0.4, -0.2) is 11.1 Å². The van der Waals surface area contributed by atoms with Crippen LogP contribution in [0.3, 0.4) is 0 Å². The molecule has 0 aliphatic heterocycles. The molecule has 0 atom stereocenters. The molecule has 0 amide bonds. The van der Waals surface area contributed by atoms with Crippen molar-refractivity contribution in [2.24, 2.45) is 0 Å². The van der Waals surface area contributed by atoms with E-state index in [1.807, 2.05) is 24.3 Å². The van der Waals surface area contributed by atoms with Crippen LogP contribution >= 0.6 is 0 Å². The van der Waals surface area contributed by atoms with E-state index in [1.54, 1.807) is 0 Å². The second-order valence-corrected chi connectivity index (χ2v) is 7.00. The molecule has 2 aromatic rings. The quantitative estimate of drug-likeness (QED) is 0.643. The molecule has 0 saturated heterocycles. The highest BCUT2D eigenvalue weighted by molar-refractivity contribution is 5.70. The predicted octanol–water partition coefficient (Wildman–Crippen LogP) is 4.55. The van der Waals surface area contributed by atoms with E-state index in [9.17, 15) is 9.90 Å². The third kappa shape index (κ3) is 4.49. The Balaban J connectivity index is 1.85. The molecule has 0 spiro atoms. The molecule has 1 fully saturated rings. The van der Waals surface area contributed by atoms with Gasteiger partial charge < -0.3 is 9.84 Å². The number of rotatable bonds is 5. The highest BCUT2D eigenvalue weighted by Crippen LogP contribution is 2.41. The first-order chi connectivity index (χ1) is 12.1. The number of ether oxygens (including phenoxy) is 1. The average Bonchev–Trinajstić information content (AvgIpc) is 2.62. The highest BCUT2D eigenvalue weighted by atomic mass is 16.5. The molecule has 1 aliphatic rings. The highest BCUT2D eigenvalue weighted by Gasteiger charge is 2.34. The van der Waals surface area contributed by atoms with Crippen molar-refractivity contribution < 1.29 is 14.6 Å². The Morgan fingerprint density at radius 1 is 1.00 bits per heavy atom. The number of aliphatic hydroxyl groups is 1. The van der Waals surface area contributed by atoms with E-state index in [2.05, 4.69) is 24.3 Å². The van der Waals surface area contributed by atoms with Crippen LogP contribution in [0.5, 0.6) is 5.75 Å². The van der Waals surface area contributed by atoms with Gasteiger partial charge in [-0.15, -0.1) is 0 Å². The monoisotopic (exact) mass is 338 g/mol. The Bertz CT molecular complexity index is 715. The molecule has 0 bridgehead atoms. The summed E-state index contributed by atoms with van der Waals surface area (Å²) in [7, 11) is 0. The van der Waals surface area contributed by atoms with Crippen molar-refractivity contribution in [2.45, 2.75) is 57.5 Å². The van der Waals surface area contributed by atoms with Gasteiger partial charge >= 0.3 is 5.97 Å². The second-order valence-electron chi connectivity index (χ2n) is 7.00. The molecule has 0 radical (unpaired) electrons. The molecule has 0 heterocycles. The van der Waals surface area contributed by atoms with E-state index < -0.39 is 5.60 Å². The van der Waals surface area contributed by atoms with E-state index in [-0.39, 0.29) is 5.97 Å². The summed E-state index contributed by atoms with van der Waals surface area (Å²) in [6, 6.07) is 16.2. The number of esters is 1. The lowest BCUT2D eigenvalue weighted by Gasteiger charge is -2.33. The summed E-state index contributed by atoms with van der Waals surface area (Å²) in [5, 5.41) is 11.2. The van der Waals surface area contributed by atoms with Gasteiger partial charge in [0.25, 0.3) is 0 Å². The van der Waals surface area contributed by atoms with E-state index in [1.165, 1.54) is 12.5 Å². The average molecular weight is 338 g/mol. The van der Waals surface area contributed by atoms with Gasteiger partial charge in [-0.3, -0.25) is 4.79 Å². The first-order valence-electron chi connectivity index (χ1n) is 9.15. The molecule has 1 saturated carbocycles. The largest absolute Gasteiger partial charge is 0.426 e. The van der Waals surface area contributed by atoms with Crippen LogP contribution in [0.1, 0.15) is 55.7 Å². The zero-order valence-electron chi connectivity index (χ0n) is 14.8. The molecule has 1 N–H and O–H groups in total. The molecule has 3 rings (SSSR count). The second kappa shape index (κ2) is 7.83. The van der Waals surface area contributed by atoms with E-state index >= 15 is 0 Å². The maximum absolute atomic E-state index is 11.4. The fourth-order valence-electron chi connectivity index (χ4n) is 3.68. The number of hydrogen-bond acceptors (Lipinski definition) is 3. The normalized spacial score (nSPS) is 16.4. The Labute approximate surface area is 149 Å². The van der Waals surface area contributed by atoms with Crippen molar-refractivity contribution in [3.63, 3.8) is 0 Å². The lowest BCUT2D eigenvalue weighted by atomic mass is 9.78. The van der Waals surface area contributed by atoms with Gasteiger partial charge in [0.15, 0.2) is 0 Å². The zero-order valence-corrected chi connectivity index (χ0v) is 14.8. The zero-order chi connectivity index (χ0) is 17.7. The van der Waals surface area contributed by atoms with Crippen LogP contribution in [0, 0.1) is 0 Å². The van der Waals surface area contributed by atoms with Crippen LogP contribution in [-0.2, 0) is 23.2 Å². The predicted molar refractivity (Wildman–Crippen MR) is 98.6 cm³/mol. The van der Waals surface area contributed by atoms with Crippen molar-refractivity contribution in [1.82, 2.24) is 0 Å². The van der Waals surface area contributed by atoms with Crippen molar-refractivity contribution in [1.29, 1.82) is 0 Å². The summed E-state index contributed by atoms with van der Waals surface area (Å²) in [4.78, 5) is 11.4. The Hall–Kier alpha value is -2.13. The number of carbonyl (C=O) groups excluding carboxylic acids is 1. The van der Waals surface area contributed by atoms with Crippen LogP contribution < -0.4 is 4.74 Å². The molecule has 2 aromatic carbocycles. The minimum atomic E-state index is -0.883. The lowest BCUT2D eigenvalue weighted by molar-refractivity contribution is -0.132. The van der Waals surface area contributed by atoms with Gasteiger partial charge in [0.05, 0.1) is 5.60 Å². The summed E-state index contributed by atoms with van der Waals surface area (Å²) < 4.78 is 5.38. The van der Waals surface area contributed by atoms with Gasteiger partial charge in [-0.05, 0) is 48.9 Å². The summed E-state index contributed by atoms with van der Waals surface area (Å²) in [5.41, 5.74) is 2.34. The topological polar surface area (TPSA) is 46.5 Å². The van der Waals surface area contributed by atoms with Crippen molar-refractivity contribution >= 4 is 5.97 Å². The van der Waals surface area contributed by atoms with Gasteiger partial charge in [-0.1, -0.05) is 55.7 Å². The number of aryl methyl sites for hydroxylation is 2. The summed E-state index contributed by atoms with van der Waals surface area (Å²) in [6.45, 7) is 1.40. The molecule has 132 valence electrons. The third-order valence-corrected chi connectivity index (χ3v) is 5.02. The Kier molecular flexibility index (Phi) is 5.54. The standard InChI is InChI=1S/C22H26O3/c1-17(23)25-21-13-12-19(11-10-18-8-4-2-5-9-18)16-20(21)22(24)14-6-3-7-15-22/h2,4-5,8-9,12-13,16,24H,3,6-7,10-11,14-15H2,1H3. The first kappa shape index (κ1) is 17.7. The van der Waals surface area contributed by atoms with Crippen molar-refractivity contribution in [3.05, 3.63) is 65.2 Å².